The molecule has 1 fully saturated rings. The van der Waals surface area contributed by atoms with Crippen LogP contribution in [0.5, 0.6) is 5.75 Å². The molecule has 0 bridgehead atoms. The van der Waals surface area contributed by atoms with E-state index >= 15 is 0 Å². The van der Waals surface area contributed by atoms with Crippen molar-refractivity contribution in [3.63, 3.8) is 0 Å². The van der Waals surface area contributed by atoms with Gasteiger partial charge < -0.3 is 14.4 Å². The van der Waals surface area contributed by atoms with E-state index in [-0.39, 0.29) is 5.75 Å². The predicted molar refractivity (Wildman–Crippen MR) is 78.6 cm³/mol. The molecule has 1 amide bonds. The zero-order valence-electron chi connectivity index (χ0n) is 13.2. The number of rotatable bonds is 3. The number of alkyl halides is 3. The number of piperidine rings is 1. The third-order valence-electron chi connectivity index (χ3n) is 3.80. The fourth-order valence-corrected chi connectivity index (χ4v) is 2.56. The fourth-order valence-electron chi connectivity index (χ4n) is 2.56. The van der Waals surface area contributed by atoms with Gasteiger partial charge in [0.15, 0.2) is 0 Å². The average molecular weight is 345 g/mol. The highest BCUT2D eigenvalue weighted by Crippen LogP contribution is 2.36. The molecule has 0 spiro atoms. The summed E-state index contributed by atoms with van der Waals surface area (Å²) in [6.07, 6.45) is -3.35. The highest BCUT2D eigenvalue weighted by atomic mass is 19.4. The van der Waals surface area contributed by atoms with Crippen molar-refractivity contribution in [3.8, 4) is 5.75 Å². The Balaban J connectivity index is 2.30. The Morgan fingerprint density at radius 1 is 1.17 bits per heavy atom. The maximum atomic E-state index is 13.2. The van der Waals surface area contributed by atoms with Crippen LogP contribution in [0.3, 0.4) is 0 Å². The number of benzene rings is 1. The monoisotopic (exact) mass is 345 g/mol. The lowest BCUT2D eigenvalue weighted by molar-refractivity contribution is -0.141. The Kier molecular flexibility index (Phi) is 5.69. The molecular weight excluding hydrogens is 327 g/mol. The van der Waals surface area contributed by atoms with Gasteiger partial charge in [-0.15, -0.1) is 0 Å². The molecule has 0 N–H and O–H groups in total. The van der Waals surface area contributed by atoms with Gasteiger partial charge in [0.2, 0.25) is 0 Å². The molecule has 1 aromatic rings. The Bertz CT molecular complexity index is 610. The summed E-state index contributed by atoms with van der Waals surface area (Å²) in [4.78, 5) is 25.1. The molecule has 8 heteroatoms. The molecule has 1 aliphatic rings. The molecule has 2 rings (SSSR count). The molecule has 0 atom stereocenters. The summed E-state index contributed by atoms with van der Waals surface area (Å²) < 4.78 is 49.1. The highest BCUT2D eigenvalue weighted by molar-refractivity contribution is 5.76. The van der Waals surface area contributed by atoms with Crippen molar-refractivity contribution in [2.24, 2.45) is 0 Å². The minimum Gasteiger partial charge on any atom is -0.469 e. The van der Waals surface area contributed by atoms with E-state index < -0.39 is 35.8 Å². The number of halogens is 3. The first-order valence-corrected chi connectivity index (χ1v) is 7.55. The van der Waals surface area contributed by atoms with Crippen LogP contribution in [0, 0.1) is 0 Å². The lowest BCUT2D eigenvalue weighted by atomic mass is 10.0. The van der Waals surface area contributed by atoms with Crippen LogP contribution >= 0.6 is 0 Å². The molecule has 0 aromatic heterocycles. The lowest BCUT2D eigenvalue weighted by Gasteiger charge is -2.26. The van der Waals surface area contributed by atoms with Gasteiger partial charge in [0.25, 0.3) is 0 Å². The quantitative estimate of drug-likeness (QED) is 0.788. The Morgan fingerprint density at radius 3 is 2.42 bits per heavy atom. The number of hydrogen-bond donors (Lipinski definition) is 0. The minimum absolute atomic E-state index is 0.272. The molecule has 132 valence electrons. The molecule has 1 heterocycles. The summed E-state index contributed by atoms with van der Waals surface area (Å²) >= 11 is 0. The van der Waals surface area contributed by atoms with E-state index in [2.05, 4.69) is 4.74 Å². The van der Waals surface area contributed by atoms with Gasteiger partial charge in [-0.25, -0.2) is 4.79 Å². The highest BCUT2D eigenvalue weighted by Gasteiger charge is 2.36. The van der Waals surface area contributed by atoms with Crippen LogP contribution in [0.1, 0.15) is 30.4 Å². The summed E-state index contributed by atoms with van der Waals surface area (Å²) in [6, 6.07) is 3.23. The van der Waals surface area contributed by atoms with Crippen LogP contribution in [0.15, 0.2) is 18.2 Å². The standard InChI is InChI=1S/C16H18F3NO4/c1-23-14(21)10-11-12(16(17,18)19)6-5-7-13(11)24-15(22)20-8-3-2-4-9-20/h5-7H,2-4,8-10H2,1H3. The number of carbonyl (C=O) groups excluding carboxylic acids is 2. The van der Waals surface area contributed by atoms with Crippen LogP contribution in [0.4, 0.5) is 18.0 Å². The van der Waals surface area contributed by atoms with E-state index in [0.29, 0.717) is 13.1 Å². The normalized spacial score (nSPS) is 15.1. The molecule has 0 saturated carbocycles. The number of hydrogen-bond acceptors (Lipinski definition) is 4. The molecule has 1 aliphatic heterocycles. The second kappa shape index (κ2) is 7.55. The van der Waals surface area contributed by atoms with Crippen molar-refractivity contribution in [1.29, 1.82) is 0 Å². The number of nitrogens with zero attached hydrogens (tertiary/aromatic N) is 1. The number of likely N-dealkylation sites (tertiary alicyclic amines) is 1. The summed E-state index contributed by atoms with van der Waals surface area (Å²) in [5, 5.41) is 0. The third-order valence-corrected chi connectivity index (χ3v) is 3.80. The van der Waals surface area contributed by atoms with Crippen LogP contribution in [0.25, 0.3) is 0 Å². The van der Waals surface area contributed by atoms with Gasteiger partial charge in [-0.05, 0) is 31.4 Å². The summed E-state index contributed by atoms with van der Waals surface area (Å²) in [6.45, 7) is 1.01. The van der Waals surface area contributed by atoms with Crippen LogP contribution in [-0.2, 0) is 22.1 Å². The van der Waals surface area contributed by atoms with Gasteiger partial charge in [0.05, 0.1) is 19.1 Å². The van der Waals surface area contributed by atoms with E-state index in [9.17, 15) is 22.8 Å². The van der Waals surface area contributed by atoms with Crippen molar-refractivity contribution in [2.45, 2.75) is 31.9 Å². The van der Waals surface area contributed by atoms with Gasteiger partial charge >= 0.3 is 18.2 Å². The number of esters is 1. The third kappa shape index (κ3) is 4.39. The van der Waals surface area contributed by atoms with E-state index in [1.54, 1.807) is 0 Å². The van der Waals surface area contributed by atoms with E-state index in [1.165, 1.54) is 11.0 Å². The Labute approximate surface area is 137 Å². The van der Waals surface area contributed by atoms with Crippen LogP contribution < -0.4 is 4.74 Å². The molecule has 1 aromatic carbocycles. The Hall–Kier alpha value is -2.25. The van der Waals surface area contributed by atoms with Gasteiger partial charge in [0.1, 0.15) is 5.75 Å². The predicted octanol–water partition coefficient (Wildman–Crippen LogP) is 3.41. The second-order valence-electron chi connectivity index (χ2n) is 5.45. The summed E-state index contributed by atoms with van der Waals surface area (Å²) in [5.41, 5.74) is -1.42. The molecule has 0 radical (unpaired) electrons. The van der Waals surface area contributed by atoms with Gasteiger partial charge in [-0.3, -0.25) is 4.79 Å². The van der Waals surface area contributed by atoms with E-state index in [4.69, 9.17) is 4.74 Å². The van der Waals surface area contributed by atoms with Gasteiger partial charge in [-0.2, -0.15) is 13.2 Å². The molecular formula is C16H18F3NO4. The summed E-state index contributed by atoms with van der Waals surface area (Å²) in [5.74, 6) is -1.12. The van der Waals surface area contributed by atoms with E-state index in [0.717, 1.165) is 38.5 Å². The molecule has 0 aliphatic carbocycles. The first-order chi connectivity index (χ1) is 11.3. The van der Waals surface area contributed by atoms with Crippen molar-refractivity contribution < 1.29 is 32.2 Å². The lowest BCUT2D eigenvalue weighted by Crippen LogP contribution is -2.37. The summed E-state index contributed by atoms with van der Waals surface area (Å²) in [7, 11) is 1.08. The average Bonchev–Trinajstić information content (AvgIpc) is 2.55. The van der Waals surface area contributed by atoms with Crippen molar-refractivity contribution in [3.05, 3.63) is 29.3 Å². The molecule has 1 saturated heterocycles. The van der Waals surface area contributed by atoms with Crippen LogP contribution in [-0.4, -0.2) is 37.2 Å². The number of methoxy groups -OCH3 is 1. The Morgan fingerprint density at radius 2 is 1.83 bits per heavy atom. The topological polar surface area (TPSA) is 55.8 Å². The number of carbonyl (C=O) groups is 2. The zero-order chi connectivity index (χ0) is 17.7. The zero-order valence-corrected chi connectivity index (χ0v) is 13.2. The first-order valence-electron chi connectivity index (χ1n) is 7.55. The smallest absolute Gasteiger partial charge is 0.416 e. The molecule has 0 unspecified atom stereocenters. The number of ether oxygens (including phenoxy) is 2. The van der Waals surface area contributed by atoms with Crippen LogP contribution in [0.2, 0.25) is 0 Å². The first kappa shape index (κ1) is 18.1. The van der Waals surface area contributed by atoms with Gasteiger partial charge in [0, 0.05) is 18.7 Å². The maximum Gasteiger partial charge on any atom is 0.416 e. The molecule has 24 heavy (non-hydrogen) atoms. The SMILES string of the molecule is COC(=O)Cc1c(OC(=O)N2CCCCC2)cccc1C(F)(F)F. The van der Waals surface area contributed by atoms with Crippen molar-refractivity contribution in [1.82, 2.24) is 4.90 Å². The van der Waals surface area contributed by atoms with Gasteiger partial charge in [-0.1, -0.05) is 6.07 Å². The largest absolute Gasteiger partial charge is 0.469 e. The molecule has 5 nitrogen and oxygen atoms in total. The minimum atomic E-state index is -4.67. The van der Waals surface area contributed by atoms with Crippen molar-refractivity contribution in [2.75, 3.05) is 20.2 Å². The van der Waals surface area contributed by atoms with E-state index in [1.807, 2.05) is 0 Å². The van der Waals surface area contributed by atoms with Crippen molar-refractivity contribution >= 4 is 12.1 Å². The second-order valence-corrected chi connectivity index (χ2v) is 5.45. The number of amides is 1. The fraction of sp³-hybridized carbons (Fsp3) is 0.500. The maximum absolute atomic E-state index is 13.2.